The van der Waals surface area contributed by atoms with Gasteiger partial charge in [0.05, 0.1) is 11.1 Å². The summed E-state index contributed by atoms with van der Waals surface area (Å²) < 4.78 is 75.1. The Morgan fingerprint density at radius 2 is 1.35 bits per heavy atom. The van der Waals surface area contributed by atoms with Crippen molar-refractivity contribution in [3.8, 4) is 0 Å². The molecule has 0 aliphatic carbocycles. The van der Waals surface area contributed by atoms with Crippen molar-refractivity contribution >= 4 is 0 Å². The third-order valence-corrected chi connectivity index (χ3v) is 3.62. The van der Waals surface area contributed by atoms with Gasteiger partial charge in [-0.3, -0.25) is 0 Å². The van der Waals surface area contributed by atoms with Gasteiger partial charge < -0.3 is 11.1 Å². The van der Waals surface area contributed by atoms with Crippen LogP contribution in [0.1, 0.15) is 35.2 Å². The van der Waals surface area contributed by atoms with Gasteiger partial charge in [-0.1, -0.05) is 30.3 Å². The molecule has 0 saturated carbocycles. The Labute approximate surface area is 148 Å². The van der Waals surface area contributed by atoms with E-state index in [-0.39, 0.29) is 11.6 Å². The average molecular weight is 378 g/mol. The van der Waals surface area contributed by atoms with E-state index in [9.17, 15) is 26.3 Å². The minimum atomic E-state index is -4.80. The predicted molar refractivity (Wildman–Crippen MR) is 88.3 cm³/mol. The lowest BCUT2D eigenvalue weighted by Gasteiger charge is -2.17. The number of hydrogen-bond donors (Lipinski definition) is 2. The topological polar surface area (TPSA) is 38.0 Å². The normalized spacial score (nSPS) is 13.0. The molecule has 1 atom stereocenters. The number of alkyl halides is 6. The van der Waals surface area contributed by atoms with Crippen molar-refractivity contribution < 1.29 is 26.3 Å². The lowest BCUT2D eigenvalue weighted by Crippen LogP contribution is -2.17. The van der Waals surface area contributed by atoms with E-state index in [1.807, 2.05) is 30.3 Å². The summed E-state index contributed by atoms with van der Waals surface area (Å²) in [6.07, 6.45) is -9.60. The summed E-state index contributed by atoms with van der Waals surface area (Å²) in [4.78, 5) is 0. The molecule has 0 aliphatic heterocycles. The average Bonchev–Trinajstić information content (AvgIpc) is 2.60. The number of nitrogens with two attached hydrogens (primary N) is 1. The second-order valence-corrected chi connectivity index (χ2v) is 5.54. The van der Waals surface area contributed by atoms with Crippen molar-refractivity contribution in [3.05, 3.63) is 70.8 Å². The summed E-state index contributed by atoms with van der Waals surface area (Å²) >= 11 is 0. The minimum absolute atomic E-state index is 0.0559. The SMILES string of the molecule is CNC(C)c1cc(C(F)(F)F)cc(C(F)(F)F)c1.NCc1ccccc1. The molecule has 0 aromatic heterocycles. The molecular formula is C18H20F6N2. The van der Waals surface area contributed by atoms with E-state index in [1.54, 1.807) is 0 Å². The highest BCUT2D eigenvalue weighted by Crippen LogP contribution is 2.37. The molecule has 0 bridgehead atoms. The lowest BCUT2D eigenvalue weighted by atomic mass is 10.0. The Balaban J connectivity index is 0.000000350. The first kappa shape index (κ1) is 22.0. The maximum Gasteiger partial charge on any atom is 0.416 e. The summed E-state index contributed by atoms with van der Waals surface area (Å²) in [7, 11) is 1.46. The van der Waals surface area contributed by atoms with Crippen LogP contribution < -0.4 is 11.1 Å². The monoisotopic (exact) mass is 378 g/mol. The molecule has 2 rings (SSSR count). The summed E-state index contributed by atoms with van der Waals surface area (Å²) in [6, 6.07) is 10.9. The van der Waals surface area contributed by atoms with Gasteiger partial charge in [-0.25, -0.2) is 0 Å². The first-order chi connectivity index (χ1) is 12.0. The molecule has 8 heteroatoms. The van der Waals surface area contributed by atoms with Crippen molar-refractivity contribution in [2.75, 3.05) is 7.05 Å². The Morgan fingerprint density at radius 3 is 1.65 bits per heavy atom. The van der Waals surface area contributed by atoms with Crippen LogP contribution in [-0.2, 0) is 18.9 Å². The van der Waals surface area contributed by atoms with Crippen LogP contribution in [0, 0.1) is 0 Å². The Kier molecular flexibility index (Phi) is 7.65. The zero-order valence-electron chi connectivity index (χ0n) is 14.2. The molecule has 0 spiro atoms. The Bertz CT molecular complexity index is 648. The molecular weight excluding hydrogens is 358 g/mol. The van der Waals surface area contributed by atoms with Gasteiger partial charge in [0.15, 0.2) is 0 Å². The minimum Gasteiger partial charge on any atom is -0.326 e. The van der Waals surface area contributed by atoms with Gasteiger partial charge in [0.1, 0.15) is 0 Å². The van der Waals surface area contributed by atoms with Crippen molar-refractivity contribution in [2.24, 2.45) is 5.73 Å². The largest absolute Gasteiger partial charge is 0.416 e. The first-order valence-corrected chi connectivity index (χ1v) is 7.69. The van der Waals surface area contributed by atoms with E-state index in [4.69, 9.17) is 5.73 Å². The molecule has 0 aliphatic rings. The van der Waals surface area contributed by atoms with Gasteiger partial charge in [-0.2, -0.15) is 26.3 Å². The Morgan fingerprint density at radius 1 is 0.885 bits per heavy atom. The summed E-state index contributed by atoms with van der Waals surface area (Å²) in [5.41, 5.74) is 3.89. The predicted octanol–water partition coefficient (Wildman–Crippen LogP) is 5.15. The van der Waals surface area contributed by atoms with Crippen molar-refractivity contribution in [1.82, 2.24) is 5.32 Å². The van der Waals surface area contributed by atoms with Gasteiger partial charge in [-0.05, 0) is 43.3 Å². The Hall–Kier alpha value is -2.06. The quantitative estimate of drug-likeness (QED) is 0.725. The van der Waals surface area contributed by atoms with E-state index >= 15 is 0 Å². The highest BCUT2D eigenvalue weighted by atomic mass is 19.4. The molecule has 1 unspecified atom stereocenters. The molecule has 26 heavy (non-hydrogen) atoms. The highest BCUT2D eigenvalue weighted by molar-refractivity contribution is 5.35. The highest BCUT2D eigenvalue weighted by Gasteiger charge is 2.37. The van der Waals surface area contributed by atoms with Crippen molar-refractivity contribution in [2.45, 2.75) is 31.9 Å². The van der Waals surface area contributed by atoms with Crippen LogP contribution in [0.15, 0.2) is 48.5 Å². The van der Waals surface area contributed by atoms with E-state index in [0.717, 1.165) is 12.1 Å². The smallest absolute Gasteiger partial charge is 0.326 e. The van der Waals surface area contributed by atoms with Crippen LogP contribution in [0.2, 0.25) is 0 Å². The van der Waals surface area contributed by atoms with Crippen LogP contribution in [0.25, 0.3) is 0 Å². The number of nitrogens with one attached hydrogen (secondary N) is 1. The number of benzene rings is 2. The van der Waals surface area contributed by atoms with Gasteiger partial charge in [0.2, 0.25) is 0 Å². The summed E-state index contributed by atoms with van der Waals surface area (Å²) in [6.45, 7) is 2.12. The fourth-order valence-corrected chi connectivity index (χ4v) is 2.01. The maximum atomic E-state index is 12.5. The van der Waals surface area contributed by atoms with Crippen LogP contribution in [0.4, 0.5) is 26.3 Å². The maximum absolute atomic E-state index is 12.5. The van der Waals surface area contributed by atoms with Crippen LogP contribution in [0.3, 0.4) is 0 Å². The van der Waals surface area contributed by atoms with Crippen LogP contribution in [-0.4, -0.2) is 7.05 Å². The molecule has 2 nitrogen and oxygen atoms in total. The molecule has 2 aromatic rings. The molecule has 3 N–H and O–H groups in total. The first-order valence-electron chi connectivity index (χ1n) is 7.69. The number of rotatable bonds is 3. The molecule has 144 valence electrons. The second-order valence-electron chi connectivity index (χ2n) is 5.54. The molecule has 2 aromatic carbocycles. The number of halogens is 6. The third-order valence-electron chi connectivity index (χ3n) is 3.62. The summed E-state index contributed by atoms with van der Waals surface area (Å²) in [5, 5.41) is 2.60. The van der Waals surface area contributed by atoms with Crippen molar-refractivity contribution in [1.29, 1.82) is 0 Å². The fraction of sp³-hybridized carbons (Fsp3) is 0.333. The van der Waals surface area contributed by atoms with Crippen LogP contribution >= 0.6 is 0 Å². The standard InChI is InChI=1S/C11H11F6N.C7H9N/c1-6(18-2)7-3-8(10(12,13)14)5-9(4-7)11(15,16)17;8-6-7-4-2-1-3-5-7/h3-6,18H,1-2H3;1-5H,6,8H2. The van der Waals surface area contributed by atoms with E-state index in [1.165, 1.54) is 19.5 Å². The van der Waals surface area contributed by atoms with Gasteiger partial charge >= 0.3 is 12.4 Å². The van der Waals surface area contributed by atoms with Gasteiger partial charge in [0, 0.05) is 12.6 Å². The molecule has 0 saturated heterocycles. The van der Waals surface area contributed by atoms with E-state index in [2.05, 4.69) is 5.32 Å². The number of hydrogen-bond acceptors (Lipinski definition) is 2. The zero-order chi connectivity index (χ0) is 20.0. The van der Waals surface area contributed by atoms with Crippen molar-refractivity contribution in [3.63, 3.8) is 0 Å². The lowest BCUT2D eigenvalue weighted by molar-refractivity contribution is -0.143. The third kappa shape index (κ3) is 6.68. The zero-order valence-corrected chi connectivity index (χ0v) is 14.2. The molecule has 0 radical (unpaired) electrons. The molecule has 0 amide bonds. The van der Waals surface area contributed by atoms with E-state index in [0.29, 0.717) is 6.54 Å². The van der Waals surface area contributed by atoms with E-state index < -0.39 is 29.5 Å². The molecule has 0 heterocycles. The molecule has 0 fully saturated rings. The summed E-state index contributed by atoms with van der Waals surface area (Å²) in [5.74, 6) is 0. The second kappa shape index (κ2) is 9.05. The fourth-order valence-electron chi connectivity index (χ4n) is 2.01. The van der Waals surface area contributed by atoms with Gasteiger partial charge in [-0.15, -0.1) is 0 Å². The van der Waals surface area contributed by atoms with Crippen LogP contribution in [0.5, 0.6) is 0 Å². The van der Waals surface area contributed by atoms with Gasteiger partial charge in [0.25, 0.3) is 0 Å².